The number of carbonyl (C=O) groups is 3. The normalized spacial score (nSPS) is 41.5. The topological polar surface area (TPSA) is 151 Å². The first-order valence-electron chi connectivity index (χ1n) is 10.6. The lowest BCUT2D eigenvalue weighted by Gasteiger charge is -2.45. The van der Waals surface area contributed by atoms with E-state index in [1.54, 1.807) is 0 Å². The molecule has 4 bridgehead atoms. The van der Waals surface area contributed by atoms with Crippen molar-refractivity contribution in [2.24, 2.45) is 29.4 Å². The van der Waals surface area contributed by atoms with Gasteiger partial charge in [0.25, 0.3) is 0 Å². The summed E-state index contributed by atoms with van der Waals surface area (Å²) in [4.78, 5) is 36.9. The number of aliphatic hydroxyl groups excluding tert-OH is 2. The molecule has 0 aromatic heterocycles. The quantitative estimate of drug-likeness (QED) is 0.349. The van der Waals surface area contributed by atoms with Gasteiger partial charge in [0.05, 0.1) is 31.9 Å². The fourth-order valence-electron chi connectivity index (χ4n) is 5.40. The molecule has 6 N–H and O–H groups in total. The van der Waals surface area contributed by atoms with Gasteiger partial charge in [0.15, 0.2) is 0 Å². The zero-order valence-electron chi connectivity index (χ0n) is 16.9. The Morgan fingerprint density at radius 2 is 1.69 bits per heavy atom. The molecule has 3 fully saturated rings. The van der Waals surface area contributed by atoms with Gasteiger partial charge in [-0.15, -0.1) is 0 Å². The standard InChI is InChI=1S/C20H33N3O6/c1-29-20(28)14-7-10-2-4-15(24)12(6-10)13-8-11(3-5-16(13)25)18(21)19(27)22-9-17(26)23-14/h10-16,18,24-25H,2-9,21H2,1H3,(H,22,27)(H,23,26)/t10?,11?,12?,13?,14-,15?,16?,18-/m0/s1. The van der Waals surface area contributed by atoms with Crippen LogP contribution in [0.3, 0.4) is 0 Å². The summed E-state index contributed by atoms with van der Waals surface area (Å²) in [5.74, 6) is -1.68. The van der Waals surface area contributed by atoms with Crippen LogP contribution in [0.1, 0.15) is 44.9 Å². The van der Waals surface area contributed by atoms with E-state index in [0.717, 1.165) is 6.42 Å². The highest BCUT2D eigenvalue weighted by Gasteiger charge is 2.43. The van der Waals surface area contributed by atoms with E-state index in [1.165, 1.54) is 7.11 Å². The summed E-state index contributed by atoms with van der Waals surface area (Å²) >= 11 is 0. The Morgan fingerprint density at radius 3 is 2.38 bits per heavy atom. The largest absolute Gasteiger partial charge is 0.467 e. The molecule has 1 aliphatic heterocycles. The highest BCUT2D eigenvalue weighted by molar-refractivity contribution is 5.89. The Kier molecular flexibility index (Phi) is 7.13. The molecule has 2 saturated carbocycles. The van der Waals surface area contributed by atoms with Gasteiger partial charge in [-0.2, -0.15) is 0 Å². The second kappa shape index (κ2) is 9.40. The number of carbonyl (C=O) groups excluding carboxylic acids is 3. The van der Waals surface area contributed by atoms with Crippen LogP contribution in [0.25, 0.3) is 0 Å². The van der Waals surface area contributed by atoms with Crippen molar-refractivity contribution in [2.75, 3.05) is 13.7 Å². The first kappa shape index (κ1) is 22.0. The molecule has 29 heavy (non-hydrogen) atoms. The average molecular weight is 411 g/mol. The Bertz CT molecular complexity index is 629. The van der Waals surface area contributed by atoms with Gasteiger partial charge < -0.3 is 31.3 Å². The number of nitrogens with one attached hydrogen (secondary N) is 2. The van der Waals surface area contributed by atoms with Gasteiger partial charge in [-0.1, -0.05) is 0 Å². The van der Waals surface area contributed by atoms with E-state index in [1.807, 2.05) is 0 Å². The van der Waals surface area contributed by atoms with Gasteiger partial charge in [0.1, 0.15) is 6.04 Å². The van der Waals surface area contributed by atoms with Crippen molar-refractivity contribution < 1.29 is 29.3 Å². The Hall–Kier alpha value is -1.71. The maximum Gasteiger partial charge on any atom is 0.328 e. The smallest absolute Gasteiger partial charge is 0.328 e. The number of esters is 1. The molecule has 0 spiro atoms. The van der Waals surface area contributed by atoms with Crippen molar-refractivity contribution >= 4 is 17.8 Å². The maximum atomic E-state index is 12.4. The van der Waals surface area contributed by atoms with E-state index in [2.05, 4.69) is 10.6 Å². The number of fused-ring (bicyclic) bond motifs is 5. The maximum absolute atomic E-state index is 12.4. The lowest BCUT2D eigenvalue weighted by molar-refractivity contribution is -0.146. The predicted molar refractivity (Wildman–Crippen MR) is 103 cm³/mol. The zero-order valence-corrected chi connectivity index (χ0v) is 16.9. The molecule has 1 saturated heterocycles. The predicted octanol–water partition coefficient (Wildman–Crippen LogP) is -0.954. The van der Waals surface area contributed by atoms with Crippen LogP contribution in [0.5, 0.6) is 0 Å². The highest BCUT2D eigenvalue weighted by atomic mass is 16.5. The zero-order chi connectivity index (χ0) is 21.1. The number of methoxy groups -OCH3 is 1. The second-order valence-corrected chi connectivity index (χ2v) is 8.84. The second-order valence-electron chi connectivity index (χ2n) is 8.84. The van der Waals surface area contributed by atoms with Gasteiger partial charge in [-0.3, -0.25) is 9.59 Å². The van der Waals surface area contributed by atoms with Crippen molar-refractivity contribution in [2.45, 2.75) is 69.2 Å². The molecule has 8 atom stereocenters. The average Bonchev–Trinajstić information content (AvgIpc) is 2.71. The number of amides is 2. The van der Waals surface area contributed by atoms with Gasteiger partial charge in [0, 0.05) is 0 Å². The van der Waals surface area contributed by atoms with Crippen LogP contribution in [-0.2, 0) is 19.1 Å². The molecule has 0 radical (unpaired) electrons. The molecule has 3 rings (SSSR count). The van der Waals surface area contributed by atoms with Crippen LogP contribution in [-0.4, -0.2) is 65.9 Å². The number of hydrogen-bond acceptors (Lipinski definition) is 7. The molecule has 1 heterocycles. The molecule has 6 unspecified atom stereocenters. The Labute approximate surface area is 170 Å². The van der Waals surface area contributed by atoms with Gasteiger partial charge >= 0.3 is 5.97 Å². The lowest BCUT2D eigenvalue weighted by atomic mass is 9.64. The SMILES string of the molecule is COC(=O)[C@@H]1CC2CCC(O)C(C2)C2CC(CCC2O)[C@H](N)C(=O)NCC(=O)N1. The van der Waals surface area contributed by atoms with Crippen LogP contribution in [0.15, 0.2) is 0 Å². The molecule has 9 heteroatoms. The van der Waals surface area contributed by atoms with E-state index in [9.17, 15) is 24.6 Å². The molecular weight excluding hydrogens is 378 g/mol. The summed E-state index contributed by atoms with van der Waals surface area (Å²) in [5.41, 5.74) is 6.17. The molecule has 2 aliphatic carbocycles. The molecule has 3 aliphatic rings. The number of rotatable bonds is 1. The monoisotopic (exact) mass is 411 g/mol. The van der Waals surface area contributed by atoms with Crippen LogP contribution in [0.2, 0.25) is 0 Å². The number of aliphatic hydroxyl groups is 2. The number of nitrogens with two attached hydrogens (primary N) is 1. The van der Waals surface area contributed by atoms with Crippen molar-refractivity contribution in [3.05, 3.63) is 0 Å². The molecule has 9 nitrogen and oxygen atoms in total. The summed E-state index contributed by atoms with van der Waals surface area (Å²) in [7, 11) is 1.27. The van der Waals surface area contributed by atoms with Gasteiger partial charge in [0.2, 0.25) is 11.8 Å². The van der Waals surface area contributed by atoms with E-state index in [4.69, 9.17) is 10.5 Å². The third-order valence-corrected chi connectivity index (χ3v) is 7.05. The minimum atomic E-state index is -0.814. The third-order valence-electron chi connectivity index (χ3n) is 7.05. The molecular formula is C20H33N3O6. The van der Waals surface area contributed by atoms with Crippen LogP contribution < -0.4 is 16.4 Å². The highest BCUT2D eigenvalue weighted by Crippen LogP contribution is 2.44. The van der Waals surface area contributed by atoms with Crippen molar-refractivity contribution in [1.82, 2.24) is 10.6 Å². The molecule has 0 aromatic rings. The van der Waals surface area contributed by atoms with Gasteiger partial charge in [-0.05, 0) is 68.6 Å². The van der Waals surface area contributed by atoms with Crippen molar-refractivity contribution in [3.63, 3.8) is 0 Å². The number of hydrogen-bond donors (Lipinski definition) is 5. The first-order chi connectivity index (χ1) is 13.8. The van der Waals surface area contributed by atoms with E-state index in [-0.39, 0.29) is 30.2 Å². The minimum Gasteiger partial charge on any atom is -0.467 e. The molecule has 0 aromatic carbocycles. The van der Waals surface area contributed by atoms with Gasteiger partial charge in [-0.25, -0.2) is 4.79 Å². The first-order valence-corrected chi connectivity index (χ1v) is 10.6. The summed E-state index contributed by atoms with van der Waals surface area (Å²) in [5, 5.41) is 26.5. The Morgan fingerprint density at radius 1 is 1.03 bits per heavy atom. The fourth-order valence-corrected chi connectivity index (χ4v) is 5.40. The van der Waals surface area contributed by atoms with Crippen molar-refractivity contribution in [1.29, 1.82) is 0 Å². The van der Waals surface area contributed by atoms with Crippen LogP contribution in [0.4, 0.5) is 0 Å². The van der Waals surface area contributed by atoms with Crippen LogP contribution in [0, 0.1) is 23.7 Å². The summed E-state index contributed by atoms with van der Waals surface area (Å²) in [6, 6.07) is -1.60. The summed E-state index contributed by atoms with van der Waals surface area (Å²) in [6.45, 7) is -0.259. The Balaban J connectivity index is 1.86. The van der Waals surface area contributed by atoms with E-state index in [0.29, 0.717) is 38.5 Å². The minimum absolute atomic E-state index is 0.107. The van der Waals surface area contributed by atoms with Crippen molar-refractivity contribution in [3.8, 4) is 0 Å². The molecule has 2 amide bonds. The van der Waals surface area contributed by atoms with Crippen LogP contribution >= 0.6 is 0 Å². The number of ether oxygens (including phenoxy) is 1. The summed E-state index contributed by atoms with van der Waals surface area (Å²) in [6.07, 6.45) is 3.04. The third kappa shape index (κ3) is 5.07. The summed E-state index contributed by atoms with van der Waals surface area (Å²) < 4.78 is 4.84. The van der Waals surface area contributed by atoms with E-state index >= 15 is 0 Å². The fraction of sp³-hybridized carbons (Fsp3) is 0.850. The molecule has 164 valence electrons. The lowest BCUT2D eigenvalue weighted by Crippen LogP contribution is -2.53. The van der Waals surface area contributed by atoms with E-state index < -0.39 is 42.1 Å².